The number of hydrogen-bond donors (Lipinski definition) is 2. The van der Waals surface area contributed by atoms with Crippen molar-refractivity contribution in [2.45, 2.75) is 6.42 Å². The number of aromatic hydroxyl groups is 2. The summed E-state index contributed by atoms with van der Waals surface area (Å²) in [5, 5.41) is 19.3. The van der Waals surface area contributed by atoms with Crippen LogP contribution < -0.4 is 0 Å². The van der Waals surface area contributed by atoms with Crippen molar-refractivity contribution < 1.29 is 19.8 Å². The van der Waals surface area contributed by atoms with E-state index >= 15 is 0 Å². The van der Waals surface area contributed by atoms with Gasteiger partial charge in [0, 0.05) is 10.0 Å². The van der Waals surface area contributed by atoms with Crippen molar-refractivity contribution in [1.29, 1.82) is 0 Å². The number of carbonyl (C=O) groups excluding carboxylic acids is 2. The van der Waals surface area contributed by atoms with E-state index in [9.17, 15) is 19.8 Å². The fourth-order valence-corrected chi connectivity index (χ4v) is 3.01. The SMILES string of the molecule is O=C(c1cccc(Br)c1)C1Cc2ccc(O)c(O)c2C1=O. The van der Waals surface area contributed by atoms with E-state index in [1.165, 1.54) is 6.07 Å². The first kappa shape index (κ1) is 13.8. The first-order chi connectivity index (χ1) is 9.99. The number of hydrogen-bond acceptors (Lipinski definition) is 4. The van der Waals surface area contributed by atoms with Gasteiger partial charge in [0.2, 0.25) is 0 Å². The molecule has 2 N–H and O–H groups in total. The third-order valence-corrected chi connectivity index (χ3v) is 4.15. The predicted molar refractivity (Wildman–Crippen MR) is 79.8 cm³/mol. The Morgan fingerprint density at radius 3 is 2.67 bits per heavy atom. The number of halogens is 1. The lowest BCUT2D eigenvalue weighted by molar-refractivity contribution is 0.0821. The summed E-state index contributed by atoms with van der Waals surface area (Å²) in [6, 6.07) is 9.74. The largest absolute Gasteiger partial charge is 0.504 e. The Hall–Kier alpha value is -2.14. The van der Waals surface area contributed by atoms with Crippen molar-refractivity contribution in [2.24, 2.45) is 5.92 Å². The Balaban J connectivity index is 1.98. The van der Waals surface area contributed by atoms with Gasteiger partial charge in [-0.3, -0.25) is 9.59 Å². The van der Waals surface area contributed by atoms with Gasteiger partial charge in [-0.1, -0.05) is 34.1 Å². The zero-order valence-corrected chi connectivity index (χ0v) is 12.4. The number of ketones is 2. The molecule has 5 heteroatoms. The van der Waals surface area contributed by atoms with Crippen molar-refractivity contribution in [3.05, 3.63) is 57.6 Å². The highest BCUT2D eigenvalue weighted by Crippen LogP contribution is 2.39. The number of rotatable bonds is 2. The number of phenols is 2. The average Bonchev–Trinajstić information content (AvgIpc) is 2.80. The number of phenolic OH excluding ortho intramolecular Hbond substituents is 2. The molecule has 106 valence electrons. The van der Waals surface area contributed by atoms with Gasteiger partial charge in [0.05, 0.1) is 11.5 Å². The van der Waals surface area contributed by atoms with Crippen molar-refractivity contribution in [2.75, 3.05) is 0 Å². The normalized spacial score (nSPS) is 16.8. The fourth-order valence-electron chi connectivity index (χ4n) is 2.61. The molecule has 21 heavy (non-hydrogen) atoms. The molecular formula is C16H11BrO4. The van der Waals surface area contributed by atoms with Gasteiger partial charge in [0.15, 0.2) is 23.1 Å². The number of carbonyl (C=O) groups is 2. The zero-order valence-electron chi connectivity index (χ0n) is 10.8. The molecule has 2 aromatic rings. The minimum Gasteiger partial charge on any atom is -0.504 e. The number of fused-ring (bicyclic) bond motifs is 1. The maximum absolute atomic E-state index is 12.5. The molecule has 0 heterocycles. The van der Waals surface area contributed by atoms with Crippen LogP contribution in [0, 0.1) is 5.92 Å². The van der Waals surface area contributed by atoms with Gasteiger partial charge in [-0.25, -0.2) is 0 Å². The maximum Gasteiger partial charge on any atom is 0.178 e. The van der Waals surface area contributed by atoms with Gasteiger partial charge in [0.1, 0.15) is 0 Å². The second-order valence-electron chi connectivity index (χ2n) is 4.96. The van der Waals surface area contributed by atoms with E-state index in [0.717, 1.165) is 4.47 Å². The summed E-state index contributed by atoms with van der Waals surface area (Å²) >= 11 is 3.29. The van der Waals surface area contributed by atoms with Crippen molar-refractivity contribution in [3.63, 3.8) is 0 Å². The number of benzene rings is 2. The molecule has 2 aromatic carbocycles. The molecular weight excluding hydrogens is 336 g/mol. The molecule has 0 fully saturated rings. The van der Waals surface area contributed by atoms with Crippen molar-refractivity contribution in [1.82, 2.24) is 0 Å². The molecule has 1 aliphatic rings. The topological polar surface area (TPSA) is 74.6 Å². The third-order valence-electron chi connectivity index (χ3n) is 3.66. The molecule has 0 amide bonds. The highest BCUT2D eigenvalue weighted by Gasteiger charge is 2.38. The Labute approximate surface area is 129 Å². The van der Waals surface area contributed by atoms with Crippen LogP contribution in [0.4, 0.5) is 0 Å². The second-order valence-corrected chi connectivity index (χ2v) is 5.88. The molecule has 0 radical (unpaired) electrons. The fraction of sp³-hybridized carbons (Fsp3) is 0.125. The lowest BCUT2D eigenvalue weighted by Crippen LogP contribution is -2.20. The third kappa shape index (κ3) is 2.23. The molecule has 1 atom stereocenters. The summed E-state index contributed by atoms with van der Waals surface area (Å²) in [4.78, 5) is 24.9. The molecule has 0 aromatic heterocycles. The van der Waals surface area contributed by atoms with Gasteiger partial charge >= 0.3 is 0 Å². The van der Waals surface area contributed by atoms with Gasteiger partial charge in [-0.2, -0.15) is 0 Å². The first-order valence-electron chi connectivity index (χ1n) is 6.37. The highest BCUT2D eigenvalue weighted by atomic mass is 79.9. The van der Waals surface area contributed by atoms with Crippen LogP contribution in [-0.2, 0) is 6.42 Å². The van der Waals surface area contributed by atoms with Crippen LogP contribution >= 0.6 is 15.9 Å². The zero-order chi connectivity index (χ0) is 15.1. The summed E-state index contributed by atoms with van der Waals surface area (Å²) in [6.07, 6.45) is 0.243. The lowest BCUT2D eigenvalue weighted by Gasteiger charge is -2.07. The van der Waals surface area contributed by atoms with Crippen LogP contribution in [0.25, 0.3) is 0 Å². The van der Waals surface area contributed by atoms with Gasteiger partial charge < -0.3 is 10.2 Å². The van der Waals surface area contributed by atoms with Crippen molar-refractivity contribution >= 4 is 27.5 Å². The second kappa shape index (κ2) is 5.00. The van der Waals surface area contributed by atoms with E-state index in [2.05, 4.69) is 15.9 Å². The predicted octanol–water partition coefficient (Wildman–Crippen LogP) is 3.10. The van der Waals surface area contributed by atoms with E-state index in [1.807, 2.05) is 0 Å². The average molecular weight is 347 g/mol. The van der Waals surface area contributed by atoms with Gasteiger partial charge in [-0.15, -0.1) is 0 Å². The summed E-state index contributed by atoms with van der Waals surface area (Å²) in [5.74, 6) is -2.36. The Morgan fingerprint density at radius 2 is 1.95 bits per heavy atom. The molecule has 0 saturated heterocycles. The van der Waals surface area contributed by atoms with Crippen LogP contribution in [0.1, 0.15) is 26.3 Å². The van der Waals surface area contributed by atoms with Crippen molar-refractivity contribution in [3.8, 4) is 11.5 Å². The summed E-state index contributed by atoms with van der Waals surface area (Å²) < 4.78 is 0.761. The van der Waals surface area contributed by atoms with E-state index in [1.54, 1.807) is 30.3 Å². The molecule has 0 bridgehead atoms. The van der Waals surface area contributed by atoms with E-state index in [0.29, 0.717) is 11.1 Å². The molecule has 1 unspecified atom stereocenters. The van der Waals surface area contributed by atoms with Gasteiger partial charge in [-0.05, 0) is 30.2 Å². The van der Waals surface area contributed by atoms with Crippen LogP contribution in [0.15, 0.2) is 40.9 Å². The first-order valence-corrected chi connectivity index (χ1v) is 7.16. The quantitative estimate of drug-likeness (QED) is 0.497. The van der Waals surface area contributed by atoms with E-state index in [-0.39, 0.29) is 23.5 Å². The Morgan fingerprint density at radius 1 is 1.19 bits per heavy atom. The van der Waals surface area contributed by atoms with E-state index < -0.39 is 17.5 Å². The maximum atomic E-state index is 12.5. The highest BCUT2D eigenvalue weighted by molar-refractivity contribution is 9.10. The molecule has 4 nitrogen and oxygen atoms in total. The molecule has 0 spiro atoms. The minimum absolute atomic E-state index is 0.0587. The Bertz CT molecular complexity index is 767. The summed E-state index contributed by atoms with van der Waals surface area (Å²) in [6.45, 7) is 0. The summed E-state index contributed by atoms with van der Waals surface area (Å²) in [5.41, 5.74) is 1.09. The van der Waals surface area contributed by atoms with Crippen LogP contribution in [-0.4, -0.2) is 21.8 Å². The molecule has 0 saturated carbocycles. The Kier molecular flexibility index (Phi) is 3.29. The molecule has 1 aliphatic carbocycles. The number of Topliss-reactive ketones (excluding diaryl/α,β-unsaturated/α-hetero) is 2. The van der Waals surface area contributed by atoms with Crippen LogP contribution in [0.2, 0.25) is 0 Å². The molecule has 3 rings (SSSR count). The lowest BCUT2D eigenvalue weighted by atomic mass is 9.94. The van der Waals surface area contributed by atoms with Crippen LogP contribution in [0.5, 0.6) is 11.5 Å². The molecule has 0 aliphatic heterocycles. The van der Waals surface area contributed by atoms with Gasteiger partial charge in [0.25, 0.3) is 0 Å². The summed E-state index contributed by atoms with van der Waals surface area (Å²) in [7, 11) is 0. The minimum atomic E-state index is -0.845. The standard InChI is InChI=1S/C16H11BrO4/c17-10-3-1-2-9(6-10)14(19)11-7-8-4-5-12(18)16(21)13(8)15(11)20/h1-6,11,18,21H,7H2. The smallest absolute Gasteiger partial charge is 0.178 e. The van der Waals surface area contributed by atoms with E-state index in [4.69, 9.17) is 0 Å². The monoisotopic (exact) mass is 346 g/mol. The van der Waals surface area contributed by atoms with Crippen LogP contribution in [0.3, 0.4) is 0 Å².